The fraction of sp³-hybridized carbons (Fsp3) is 0.500. The van der Waals surface area contributed by atoms with E-state index in [1.54, 1.807) is 6.07 Å². The van der Waals surface area contributed by atoms with Gasteiger partial charge in [-0.2, -0.15) is 0 Å². The molecule has 4 aromatic rings. The standard InChI is InChI=1S/C32H41F2N9O/c1-5-41(6-2)11-12-42-9-7-21(8-10-42)25-17-26-27(19-35-25)38-32(37-26)40-31-36-18-24(34)29(39-31)22-15-23(33)30-28(16-22)43(20(3)4)13-14-44-30/h15-21H,5-14H2,1-4H3,(H2,36,37,38,39,40). The van der Waals surface area contributed by atoms with Crippen LogP contribution in [0.4, 0.5) is 26.4 Å². The van der Waals surface area contributed by atoms with Gasteiger partial charge in [0.05, 0.1) is 35.7 Å². The summed E-state index contributed by atoms with van der Waals surface area (Å²) in [5.41, 5.74) is 3.49. The normalized spacial score (nSPS) is 16.1. The molecule has 10 nitrogen and oxygen atoms in total. The van der Waals surface area contributed by atoms with Gasteiger partial charge in [-0.05, 0) is 71.1 Å². The number of nitrogens with zero attached hydrogens (tertiary/aromatic N) is 7. The molecule has 2 N–H and O–H groups in total. The lowest BCUT2D eigenvalue weighted by molar-refractivity contribution is 0.178. The van der Waals surface area contributed by atoms with Gasteiger partial charge in [-0.25, -0.2) is 23.7 Å². The lowest BCUT2D eigenvalue weighted by Gasteiger charge is -2.34. The van der Waals surface area contributed by atoms with Crippen LogP contribution < -0.4 is 15.0 Å². The third-order valence-electron chi connectivity index (χ3n) is 8.80. The summed E-state index contributed by atoms with van der Waals surface area (Å²) in [4.78, 5) is 28.2. The summed E-state index contributed by atoms with van der Waals surface area (Å²) < 4.78 is 35.6. The SMILES string of the molecule is CCN(CC)CCN1CCC(c2cc3nc(Nc4ncc(F)c(-c5cc(F)c6c(c5)N(C(C)C)CCO6)n4)[nH]c3cn2)CC1. The topological polar surface area (TPSA) is 98.3 Å². The van der Waals surface area contributed by atoms with Crippen LogP contribution in [-0.4, -0.2) is 93.2 Å². The van der Waals surface area contributed by atoms with E-state index in [4.69, 9.17) is 14.7 Å². The van der Waals surface area contributed by atoms with Crippen molar-refractivity contribution in [3.8, 4) is 17.0 Å². The molecule has 44 heavy (non-hydrogen) atoms. The van der Waals surface area contributed by atoms with Gasteiger partial charge < -0.3 is 24.4 Å². The molecule has 0 aliphatic carbocycles. The van der Waals surface area contributed by atoms with E-state index in [0.717, 1.165) is 75.0 Å². The first-order valence-corrected chi connectivity index (χ1v) is 15.7. The highest BCUT2D eigenvalue weighted by molar-refractivity contribution is 5.78. The van der Waals surface area contributed by atoms with Crippen molar-refractivity contribution in [3.05, 3.63) is 47.9 Å². The molecule has 12 heteroatoms. The number of hydrogen-bond acceptors (Lipinski definition) is 9. The second kappa shape index (κ2) is 13.0. The molecule has 0 bridgehead atoms. The smallest absolute Gasteiger partial charge is 0.230 e. The Kier molecular flexibility index (Phi) is 8.90. The number of halogens is 2. The van der Waals surface area contributed by atoms with Gasteiger partial charge in [-0.3, -0.25) is 10.3 Å². The van der Waals surface area contributed by atoms with E-state index in [1.807, 2.05) is 31.0 Å². The molecule has 2 aliphatic heterocycles. The van der Waals surface area contributed by atoms with Crippen molar-refractivity contribution in [3.63, 3.8) is 0 Å². The number of benzene rings is 1. The van der Waals surface area contributed by atoms with Crippen LogP contribution in [0.2, 0.25) is 0 Å². The van der Waals surface area contributed by atoms with E-state index in [9.17, 15) is 4.39 Å². The maximum Gasteiger partial charge on any atom is 0.230 e. The molecule has 0 unspecified atom stereocenters. The van der Waals surface area contributed by atoms with E-state index in [-0.39, 0.29) is 23.4 Å². The zero-order valence-electron chi connectivity index (χ0n) is 25.9. The zero-order valence-corrected chi connectivity index (χ0v) is 25.9. The fourth-order valence-corrected chi connectivity index (χ4v) is 6.19. The van der Waals surface area contributed by atoms with Gasteiger partial charge in [-0.1, -0.05) is 13.8 Å². The van der Waals surface area contributed by atoms with Gasteiger partial charge in [-0.15, -0.1) is 0 Å². The largest absolute Gasteiger partial charge is 0.486 e. The number of piperidine rings is 1. The number of imidazole rings is 1. The molecule has 0 saturated carbocycles. The highest BCUT2D eigenvalue weighted by Crippen LogP contribution is 2.39. The van der Waals surface area contributed by atoms with E-state index in [1.165, 1.54) is 6.07 Å². The van der Waals surface area contributed by atoms with E-state index < -0.39 is 11.6 Å². The average molecular weight is 606 g/mol. The Morgan fingerprint density at radius 2 is 1.82 bits per heavy atom. The number of H-pyrrole nitrogens is 1. The van der Waals surface area contributed by atoms with E-state index in [0.29, 0.717) is 36.3 Å². The van der Waals surface area contributed by atoms with Crippen LogP contribution >= 0.6 is 0 Å². The van der Waals surface area contributed by atoms with Gasteiger partial charge in [0, 0.05) is 36.3 Å². The van der Waals surface area contributed by atoms with Gasteiger partial charge in [0.1, 0.15) is 12.3 Å². The number of likely N-dealkylation sites (N-methyl/N-ethyl adjacent to an activating group) is 1. The minimum Gasteiger partial charge on any atom is -0.486 e. The summed E-state index contributed by atoms with van der Waals surface area (Å²) in [6, 6.07) is 5.14. The second-order valence-electron chi connectivity index (χ2n) is 11.8. The summed E-state index contributed by atoms with van der Waals surface area (Å²) in [6.07, 6.45) is 5.03. The molecule has 1 aromatic carbocycles. The number of ether oxygens (including phenoxy) is 1. The first-order chi connectivity index (χ1) is 21.3. The number of fused-ring (bicyclic) bond motifs is 2. The van der Waals surface area contributed by atoms with Gasteiger partial charge >= 0.3 is 0 Å². The van der Waals surface area contributed by atoms with Crippen LogP contribution in [0.1, 0.15) is 52.1 Å². The molecular weight excluding hydrogens is 564 g/mol. The number of aromatic amines is 1. The minimum atomic E-state index is -0.653. The van der Waals surface area contributed by atoms with Crippen molar-refractivity contribution in [2.75, 3.05) is 62.6 Å². The predicted molar refractivity (Wildman–Crippen MR) is 169 cm³/mol. The Morgan fingerprint density at radius 1 is 1.02 bits per heavy atom. The minimum absolute atomic E-state index is 0.0121. The molecule has 1 saturated heterocycles. The Balaban J connectivity index is 1.16. The van der Waals surface area contributed by atoms with Crippen molar-refractivity contribution in [2.24, 2.45) is 0 Å². The van der Waals surface area contributed by atoms with Crippen molar-refractivity contribution >= 4 is 28.6 Å². The van der Waals surface area contributed by atoms with Gasteiger partial charge in [0.2, 0.25) is 11.9 Å². The van der Waals surface area contributed by atoms with Crippen LogP contribution in [-0.2, 0) is 0 Å². The Morgan fingerprint density at radius 3 is 2.57 bits per heavy atom. The van der Waals surface area contributed by atoms with E-state index in [2.05, 4.69) is 43.9 Å². The monoisotopic (exact) mass is 605 g/mol. The van der Waals surface area contributed by atoms with Crippen LogP contribution in [0.15, 0.2) is 30.6 Å². The third kappa shape index (κ3) is 6.32. The van der Waals surface area contributed by atoms with Crippen LogP contribution in [0.25, 0.3) is 22.3 Å². The molecule has 0 atom stereocenters. The van der Waals surface area contributed by atoms with Crippen LogP contribution in [0.3, 0.4) is 0 Å². The molecule has 0 radical (unpaired) electrons. The molecule has 5 heterocycles. The summed E-state index contributed by atoms with van der Waals surface area (Å²) >= 11 is 0. The lowest BCUT2D eigenvalue weighted by Crippen LogP contribution is -2.39. The van der Waals surface area contributed by atoms with Gasteiger partial charge in [0.25, 0.3) is 0 Å². The molecule has 2 aliphatic rings. The van der Waals surface area contributed by atoms with Crippen LogP contribution in [0.5, 0.6) is 5.75 Å². The highest BCUT2D eigenvalue weighted by Gasteiger charge is 2.26. The van der Waals surface area contributed by atoms with Crippen molar-refractivity contribution in [1.29, 1.82) is 0 Å². The highest BCUT2D eigenvalue weighted by atomic mass is 19.1. The zero-order chi connectivity index (χ0) is 30.8. The summed E-state index contributed by atoms with van der Waals surface area (Å²) in [7, 11) is 0. The number of aromatic nitrogens is 5. The molecular formula is C32H41F2N9O. The summed E-state index contributed by atoms with van der Waals surface area (Å²) in [5, 5.41) is 3.05. The third-order valence-corrected chi connectivity index (χ3v) is 8.80. The maximum absolute atomic E-state index is 15.1. The van der Waals surface area contributed by atoms with Gasteiger partial charge in [0.15, 0.2) is 17.4 Å². The first kappa shape index (κ1) is 30.1. The Bertz CT molecular complexity index is 1600. The first-order valence-electron chi connectivity index (χ1n) is 15.7. The van der Waals surface area contributed by atoms with Crippen LogP contribution in [0, 0.1) is 11.6 Å². The lowest BCUT2D eigenvalue weighted by atomic mass is 9.93. The molecule has 0 amide bonds. The number of likely N-dealkylation sites (tertiary alicyclic amines) is 1. The molecule has 3 aromatic heterocycles. The number of hydrogen-bond donors (Lipinski definition) is 2. The number of rotatable bonds is 10. The number of anilines is 3. The number of pyridine rings is 1. The Hall–Kier alpha value is -3.90. The van der Waals surface area contributed by atoms with Crippen molar-refractivity contribution in [2.45, 2.75) is 52.5 Å². The second-order valence-corrected chi connectivity index (χ2v) is 11.8. The Labute approximate surface area is 256 Å². The fourth-order valence-electron chi connectivity index (χ4n) is 6.19. The molecule has 1 fully saturated rings. The molecule has 6 rings (SSSR count). The van der Waals surface area contributed by atoms with Crippen molar-refractivity contribution < 1.29 is 13.5 Å². The number of nitrogens with one attached hydrogen (secondary N) is 2. The molecule has 0 spiro atoms. The van der Waals surface area contributed by atoms with Crippen molar-refractivity contribution in [1.82, 2.24) is 34.7 Å². The summed E-state index contributed by atoms with van der Waals surface area (Å²) in [5.74, 6) is -0.0760. The maximum atomic E-state index is 15.1. The average Bonchev–Trinajstić information content (AvgIpc) is 3.44. The molecule has 234 valence electrons. The predicted octanol–water partition coefficient (Wildman–Crippen LogP) is 5.57. The summed E-state index contributed by atoms with van der Waals surface area (Å²) in [6.45, 7) is 16.0. The van der Waals surface area contributed by atoms with E-state index >= 15 is 4.39 Å². The quantitative estimate of drug-likeness (QED) is 0.241.